The van der Waals surface area contributed by atoms with Crippen molar-refractivity contribution in [3.63, 3.8) is 0 Å². The largest absolute Gasteiger partial charge is 0.342 e. The zero-order valence-corrected chi connectivity index (χ0v) is 14.3. The van der Waals surface area contributed by atoms with Gasteiger partial charge in [0.15, 0.2) is 0 Å². The van der Waals surface area contributed by atoms with Gasteiger partial charge in [-0.25, -0.2) is 0 Å². The van der Waals surface area contributed by atoms with Crippen LogP contribution in [0, 0.1) is 17.2 Å². The Balaban J connectivity index is 1.53. The average Bonchev–Trinajstić information content (AvgIpc) is 3.02. The summed E-state index contributed by atoms with van der Waals surface area (Å²) in [4.78, 5) is 26.4. The van der Waals surface area contributed by atoms with Crippen molar-refractivity contribution in [2.45, 2.75) is 38.5 Å². The number of carbonyl (C=O) groups is 2. The van der Waals surface area contributed by atoms with E-state index in [9.17, 15) is 9.59 Å². The fourth-order valence-electron chi connectivity index (χ4n) is 3.48. The summed E-state index contributed by atoms with van der Waals surface area (Å²) in [6.45, 7) is 1.19. The van der Waals surface area contributed by atoms with E-state index >= 15 is 0 Å². The number of nitriles is 1. The van der Waals surface area contributed by atoms with E-state index in [1.54, 1.807) is 24.3 Å². The third-order valence-corrected chi connectivity index (χ3v) is 4.93. The van der Waals surface area contributed by atoms with Crippen molar-refractivity contribution in [3.05, 3.63) is 41.5 Å². The maximum absolute atomic E-state index is 12.4. The molecule has 1 N–H and O–H groups in total. The quantitative estimate of drug-likeness (QED) is 0.838. The van der Waals surface area contributed by atoms with Gasteiger partial charge < -0.3 is 10.2 Å². The number of likely N-dealkylation sites (tertiary alicyclic amines) is 1. The van der Waals surface area contributed by atoms with Crippen LogP contribution in [0.25, 0.3) is 0 Å². The number of benzene rings is 1. The summed E-state index contributed by atoms with van der Waals surface area (Å²) < 4.78 is 0. The van der Waals surface area contributed by atoms with Crippen LogP contribution >= 0.6 is 0 Å². The second-order valence-corrected chi connectivity index (χ2v) is 6.78. The second-order valence-electron chi connectivity index (χ2n) is 6.78. The molecule has 1 fully saturated rings. The molecule has 1 aromatic rings. The number of hydrogen-bond donors (Lipinski definition) is 1. The highest BCUT2D eigenvalue weighted by molar-refractivity contribution is 5.97. The highest BCUT2D eigenvalue weighted by Gasteiger charge is 2.34. The van der Waals surface area contributed by atoms with Crippen molar-refractivity contribution in [3.8, 4) is 6.07 Å². The number of nitrogens with one attached hydrogen (secondary N) is 1. The summed E-state index contributed by atoms with van der Waals surface area (Å²) in [7, 11) is 0. The standard InChI is InChI=1S/C20H23N3O2/c21-13-16-7-4-8-18(11-16)22-20(25)17-12-19(24)23(14-17)10-9-15-5-2-1-3-6-15/h4-5,7-8,11,17H,1-3,6,9-10,12,14H2,(H,22,25). The van der Waals surface area contributed by atoms with E-state index in [2.05, 4.69) is 17.5 Å². The topological polar surface area (TPSA) is 73.2 Å². The van der Waals surface area contributed by atoms with Crippen LogP contribution in [0.15, 0.2) is 35.9 Å². The van der Waals surface area contributed by atoms with E-state index < -0.39 is 0 Å². The Hall–Kier alpha value is -2.61. The second kappa shape index (κ2) is 7.98. The molecule has 3 rings (SSSR count). The smallest absolute Gasteiger partial charge is 0.229 e. The summed E-state index contributed by atoms with van der Waals surface area (Å²) in [5, 5.41) is 11.7. The monoisotopic (exact) mass is 337 g/mol. The lowest BCUT2D eigenvalue weighted by Crippen LogP contribution is -2.29. The van der Waals surface area contributed by atoms with Crippen molar-refractivity contribution in [2.24, 2.45) is 5.92 Å². The molecule has 2 aliphatic rings. The predicted octanol–water partition coefficient (Wildman–Crippen LogP) is 3.24. The van der Waals surface area contributed by atoms with Crippen molar-refractivity contribution in [1.82, 2.24) is 4.90 Å². The van der Waals surface area contributed by atoms with Gasteiger partial charge in [0, 0.05) is 25.2 Å². The predicted molar refractivity (Wildman–Crippen MR) is 95.6 cm³/mol. The van der Waals surface area contributed by atoms with Gasteiger partial charge in [-0.2, -0.15) is 5.26 Å². The highest BCUT2D eigenvalue weighted by Crippen LogP contribution is 2.24. The molecule has 0 radical (unpaired) electrons. The summed E-state index contributed by atoms with van der Waals surface area (Å²) in [5.74, 6) is -0.413. The van der Waals surface area contributed by atoms with Crippen LogP contribution < -0.4 is 5.32 Å². The summed E-state index contributed by atoms with van der Waals surface area (Å²) >= 11 is 0. The van der Waals surface area contributed by atoms with Crippen molar-refractivity contribution >= 4 is 17.5 Å². The maximum Gasteiger partial charge on any atom is 0.229 e. The summed E-state index contributed by atoms with van der Waals surface area (Å²) in [5.41, 5.74) is 2.55. The maximum atomic E-state index is 12.4. The first kappa shape index (κ1) is 17.2. The van der Waals surface area contributed by atoms with Crippen molar-refractivity contribution in [2.75, 3.05) is 18.4 Å². The molecular formula is C20H23N3O2. The molecule has 1 unspecified atom stereocenters. The Bertz CT molecular complexity index is 733. The lowest BCUT2D eigenvalue weighted by Gasteiger charge is -2.19. The minimum atomic E-state index is -0.321. The van der Waals surface area contributed by atoms with Crippen LogP contribution in [-0.4, -0.2) is 29.8 Å². The number of carbonyl (C=O) groups excluding carboxylic acids is 2. The van der Waals surface area contributed by atoms with Crippen LogP contribution in [-0.2, 0) is 9.59 Å². The Labute approximate surface area is 148 Å². The van der Waals surface area contributed by atoms with Gasteiger partial charge >= 0.3 is 0 Å². The molecule has 25 heavy (non-hydrogen) atoms. The Morgan fingerprint density at radius 3 is 3.00 bits per heavy atom. The zero-order chi connectivity index (χ0) is 17.6. The zero-order valence-electron chi connectivity index (χ0n) is 14.3. The van der Waals surface area contributed by atoms with Crippen LogP contribution in [0.4, 0.5) is 5.69 Å². The molecule has 1 heterocycles. The molecule has 1 aromatic carbocycles. The van der Waals surface area contributed by atoms with E-state index in [-0.39, 0.29) is 24.2 Å². The highest BCUT2D eigenvalue weighted by atomic mass is 16.2. The summed E-state index contributed by atoms with van der Waals surface area (Å²) in [6.07, 6.45) is 8.29. The molecule has 0 bridgehead atoms. The molecule has 0 spiro atoms. The number of allylic oxidation sites excluding steroid dienone is 1. The minimum absolute atomic E-state index is 0.0577. The third kappa shape index (κ3) is 4.48. The van der Waals surface area contributed by atoms with Crippen molar-refractivity contribution < 1.29 is 9.59 Å². The Morgan fingerprint density at radius 2 is 2.24 bits per heavy atom. The Kier molecular flexibility index (Phi) is 5.49. The fourth-order valence-corrected chi connectivity index (χ4v) is 3.48. The number of amides is 2. The van der Waals surface area contributed by atoms with Gasteiger partial charge in [0.1, 0.15) is 0 Å². The molecule has 5 nitrogen and oxygen atoms in total. The normalized spacial score (nSPS) is 20.1. The first-order valence-corrected chi connectivity index (χ1v) is 8.92. The van der Waals surface area contributed by atoms with Gasteiger partial charge in [-0.3, -0.25) is 9.59 Å². The molecule has 1 atom stereocenters. The van der Waals surface area contributed by atoms with E-state index in [1.165, 1.54) is 18.4 Å². The van der Waals surface area contributed by atoms with Crippen LogP contribution in [0.5, 0.6) is 0 Å². The van der Waals surface area contributed by atoms with E-state index in [4.69, 9.17) is 5.26 Å². The molecular weight excluding hydrogens is 314 g/mol. The van der Waals surface area contributed by atoms with Crippen LogP contribution in [0.3, 0.4) is 0 Å². The van der Waals surface area contributed by atoms with Gasteiger partial charge in [-0.15, -0.1) is 0 Å². The first-order chi connectivity index (χ1) is 12.2. The molecule has 1 saturated heterocycles. The van der Waals surface area contributed by atoms with Gasteiger partial charge in [0.2, 0.25) is 11.8 Å². The van der Waals surface area contributed by atoms with Crippen molar-refractivity contribution in [1.29, 1.82) is 5.26 Å². The Morgan fingerprint density at radius 1 is 1.36 bits per heavy atom. The summed E-state index contributed by atoms with van der Waals surface area (Å²) in [6, 6.07) is 8.87. The number of rotatable bonds is 5. The van der Waals surface area contributed by atoms with Crippen LogP contribution in [0.2, 0.25) is 0 Å². The molecule has 0 aromatic heterocycles. The third-order valence-electron chi connectivity index (χ3n) is 4.93. The molecule has 130 valence electrons. The number of nitrogens with zero attached hydrogens (tertiary/aromatic N) is 2. The van der Waals surface area contributed by atoms with E-state index in [1.807, 2.05) is 4.90 Å². The molecule has 5 heteroatoms. The van der Waals surface area contributed by atoms with Crippen LogP contribution in [0.1, 0.15) is 44.1 Å². The number of anilines is 1. The van der Waals surface area contributed by atoms with Gasteiger partial charge in [-0.05, 0) is 50.3 Å². The fraction of sp³-hybridized carbons (Fsp3) is 0.450. The molecule has 2 amide bonds. The number of hydrogen-bond acceptors (Lipinski definition) is 3. The minimum Gasteiger partial charge on any atom is -0.342 e. The van der Waals surface area contributed by atoms with Gasteiger partial charge in [0.05, 0.1) is 17.6 Å². The first-order valence-electron chi connectivity index (χ1n) is 8.92. The van der Waals surface area contributed by atoms with Gasteiger partial charge in [0.25, 0.3) is 0 Å². The van der Waals surface area contributed by atoms with E-state index in [0.29, 0.717) is 24.3 Å². The molecule has 1 aliphatic carbocycles. The lowest BCUT2D eigenvalue weighted by atomic mass is 9.97. The van der Waals surface area contributed by atoms with Gasteiger partial charge in [-0.1, -0.05) is 17.7 Å². The average molecular weight is 337 g/mol. The SMILES string of the molecule is N#Cc1cccc(NC(=O)C2CC(=O)N(CCC3=CCCCC3)C2)c1. The van der Waals surface area contributed by atoms with E-state index in [0.717, 1.165) is 19.3 Å². The lowest BCUT2D eigenvalue weighted by molar-refractivity contribution is -0.128. The molecule has 1 aliphatic heterocycles. The molecule has 0 saturated carbocycles.